The molecule has 0 aromatic heterocycles. The maximum Gasteiger partial charge on any atom is 0.0642 e. The Kier molecular flexibility index (Phi) is 20.0. The van der Waals surface area contributed by atoms with Crippen LogP contribution in [0.2, 0.25) is 0 Å². The largest absolute Gasteiger partial charge is 0.772 e. The van der Waals surface area contributed by atoms with Gasteiger partial charge in [-0.3, -0.25) is 4.57 Å². The summed E-state index contributed by atoms with van der Waals surface area (Å²) in [4.78, 5) is 8.35. The molecule has 0 atom stereocenters. The van der Waals surface area contributed by atoms with Crippen LogP contribution in [0, 0.1) is 0 Å². The third-order valence-electron chi connectivity index (χ3n) is 3.94. The van der Waals surface area contributed by atoms with Crippen molar-refractivity contribution in [3.63, 3.8) is 0 Å². The van der Waals surface area contributed by atoms with Gasteiger partial charge in [0.2, 0.25) is 0 Å². The molecule has 0 amide bonds. The second kappa shape index (κ2) is 17.5. The first-order valence-electron chi connectivity index (χ1n) is 8.46. The van der Waals surface area contributed by atoms with Gasteiger partial charge < -0.3 is 4.89 Å². The molecule has 0 aromatic carbocycles. The zero-order valence-corrected chi connectivity index (χ0v) is 16.0. The summed E-state index contributed by atoms with van der Waals surface area (Å²) in [7, 11) is -1.65. The quantitative estimate of drug-likeness (QED) is 0.429. The number of hydrogen-bond acceptors (Lipinski definition) is 2. The standard InChI is InChI=1S/C16H36P.HO2P/c1-5-9-13-17(14-10-6-2,15-11-7-3)16-12-8-4;1-3-2/h5-16H2,1-4H3;(H,1,2)/q+1;/p-1. The van der Waals surface area contributed by atoms with Crippen LogP contribution in [0.5, 0.6) is 0 Å². The van der Waals surface area contributed by atoms with Crippen molar-refractivity contribution in [1.82, 2.24) is 0 Å². The molecule has 0 radical (unpaired) electrons. The fourth-order valence-corrected chi connectivity index (χ4v) is 7.93. The molecule has 122 valence electrons. The molecule has 0 fully saturated rings. The highest BCUT2D eigenvalue weighted by atomic mass is 31.2. The summed E-state index contributed by atoms with van der Waals surface area (Å²) in [6, 6.07) is 0. The van der Waals surface area contributed by atoms with E-state index in [-0.39, 0.29) is 0 Å². The second-order valence-electron chi connectivity index (χ2n) is 5.72. The Labute approximate surface area is 129 Å². The minimum Gasteiger partial charge on any atom is -0.772 e. The fourth-order valence-electron chi connectivity index (χ4n) is 2.64. The maximum absolute atomic E-state index is 8.35. The Bertz CT molecular complexity index is 161. The van der Waals surface area contributed by atoms with E-state index >= 15 is 0 Å². The number of hydrogen-bond donors (Lipinski definition) is 0. The summed E-state index contributed by atoms with van der Waals surface area (Å²) in [5, 5.41) is 0. The summed E-state index contributed by atoms with van der Waals surface area (Å²) in [5.74, 6) is 0. The third kappa shape index (κ3) is 13.5. The van der Waals surface area contributed by atoms with Crippen LogP contribution in [-0.4, -0.2) is 24.6 Å². The summed E-state index contributed by atoms with van der Waals surface area (Å²) in [6.45, 7) is 9.42. The Balaban J connectivity index is 0. The SMILES string of the molecule is CCCC[P+](CCCC)(CCCC)CCCC.O=P[O-]. The van der Waals surface area contributed by atoms with E-state index in [1.807, 2.05) is 0 Å². The Morgan fingerprint density at radius 1 is 0.700 bits per heavy atom. The monoisotopic (exact) mass is 322 g/mol. The van der Waals surface area contributed by atoms with E-state index in [1.54, 1.807) is 24.6 Å². The van der Waals surface area contributed by atoms with Crippen molar-refractivity contribution in [3.05, 3.63) is 0 Å². The first-order valence-corrected chi connectivity index (χ1v) is 11.7. The van der Waals surface area contributed by atoms with E-state index in [2.05, 4.69) is 27.7 Å². The Morgan fingerprint density at radius 3 is 1.05 bits per heavy atom. The fraction of sp³-hybridized carbons (Fsp3) is 1.00. The minimum absolute atomic E-state index is 0.562. The first kappa shape index (κ1) is 22.8. The van der Waals surface area contributed by atoms with Crippen LogP contribution in [0.3, 0.4) is 0 Å². The zero-order chi connectivity index (χ0) is 15.7. The van der Waals surface area contributed by atoms with Crippen LogP contribution in [0.25, 0.3) is 0 Å². The highest BCUT2D eigenvalue weighted by Gasteiger charge is 2.34. The zero-order valence-electron chi connectivity index (χ0n) is 14.2. The second-order valence-corrected chi connectivity index (χ2v) is 10.3. The predicted octanol–water partition coefficient (Wildman–Crippen LogP) is 5.76. The molecule has 0 N–H and O–H groups in total. The van der Waals surface area contributed by atoms with Crippen LogP contribution in [-0.2, 0) is 4.57 Å². The van der Waals surface area contributed by atoms with Crippen molar-refractivity contribution >= 4 is 15.9 Å². The van der Waals surface area contributed by atoms with Crippen molar-refractivity contribution in [3.8, 4) is 0 Å². The van der Waals surface area contributed by atoms with E-state index in [1.165, 1.54) is 51.4 Å². The van der Waals surface area contributed by atoms with E-state index < -0.39 is 15.9 Å². The summed E-state index contributed by atoms with van der Waals surface area (Å²) in [5.41, 5.74) is 0. The smallest absolute Gasteiger partial charge is 0.0642 e. The van der Waals surface area contributed by atoms with Gasteiger partial charge >= 0.3 is 0 Å². The van der Waals surface area contributed by atoms with Crippen LogP contribution in [0.1, 0.15) is 79.1 Å². The summed E-state index contributed by atoms with van der Waals surface area (Å²) in [6.07, 6.45) is 17.9. The molecule has 0 aliphatic rings. The molecule has 2 nitrogen and oxygen atoms in total. The van der Waals surface area contributed by atoms with Crippen molar-refractivity contribution in [2.75, 3.05) is 24.6 Å². The van der Waals surface area contributed by atoms with Crippen molar-refractivity contribution in [2.24, 2.45) is 0 Å². The molecule has 0 bridgehead atoms. The van der Waals surface area contributed by atoms with Gasteiger partial charge in [0.15, 0.2) is 0 Å². The van der Waals surface area contributed by atoms with Gasteiger partial charge in [-0.25, -0.2) is 0 Å². The molecule has 20 heavy (non-hydrogen) atoms. The molecule has 0 rings (SSSR count). The lowest BCUT2D eigenvalue weighted by Gasteiger charge is -2.28. The van der Waals surface area contributed by atoms with Gasteiger partial charge in [0.05, 0.1) is 33.3 Å². The molecule has 0 saturated heterocycles. The van der Waals surface area contributed by atoms with Gasteiger partial charge in [0.25, 0.3) is 0 Å². The maximum atomic E-state index is 8.35. The molecule has 0 unspecified atom stereocenters. The molecular formula is C16H36O2P2. The van der Waals surface area contributed by atoms with Gasteiger partial charge in [0.1, 0.15) is 0 Å². The van der Waals surface area contributed by atoms with Crippen LogP contribution >= 0.6 is 15.9 Å². The number of rotatable bonds is 12. The van der Waals surface area contributed by atoms with E-state index in [9.17, 15) is 0 Å². The molecule has 0 aliphatic heterocycles. The molecule has 4 heteroatoms. The average molecular weight is 322 g/mol. The third-order valence-corrected chi connectivity index (χ3v) is 9.00. The van der Waals surface area contributed by atoms with E-state index in [0.717, 1.165) is 0 Å². The lowest BCUT2D eigenvalue weighted by molar-refractivity contribution is -0.154. The summed E-state index contributed by atoms with van der Waals surface area (Å²) >= 11 is 0. The van der Waals surface area contributed by atoms with Gasteiger partial charge in [-0.05, 0) is 25.7 Å². The Hall–Kier alpha value is 0.490. The van der Waals surface area contributed by atoms with Crippen LogP contribution in [0.15, 0.2) is 0 Å². The highest BCUT2D eigenvalue weighted by Crippen LogP contribution is 2.61. The van der Waals surface area contributed by atoms with Gasteiger partial charge in [-0.15, -0.1) is 0 Å². The molecule has 0 spiro atoms. The molecule has 0 saturated carbocycles. The average Bonchev–Trinajstić information content (AvgIpc) is 2.46. The van der Waals surface area contributed by atoms with Crippen molar-refractivity contribution < 1.29 is 9.46 Å². The highest BCUT2D eigenvalue weighted by molar-refractivity contribution is 7.75. The normalized spacial score (nSPS) is 11.2. The number of unbranched alkanes of at least 4 members (excludes halogenated alkanes) is 4. The predicted molar refractivity (Wildman–Crippen MR) is 93.6 cm³/mol. The molecule has 0 aromatic rings. The Morgan fingerprint density at radius 2 is 0.900 bits per heavy atom. The topological polar surface area (TPSA) is 40.1 Å². The minimum atomic E-state index is -1.08. The molecular weight excluding hydrogens is 286 g/mol. The summed E-state index contributed by atoms with van der Waals surface area (Å²) < 4.78 is 8.35. The lowest BCUT2D eigenvalue weighted by Crippen LogP contribution is -2.12. The van der Waals surface area contributed by atoms with Gasteiger partial charge in [0, 0.05) is 7.26 Å². The first-order chi connectivity index (χ1) is 9.66. The van der Waals surface area contributed by atoms with E-state index in [4.69, 9.17) is 9.46 Å². The van der Waals surface area contributed by atoms with Crippen molar-refractivity contribution in [1.29, 1.82) is 0 Å². The van der Waals surface area contributed by atoms with Gasteiger partial charge in [-0.2, -0.15) is 0 Å². The lowest BCUT2D eigenvalue weighted by atomic mass is 10.4. The molecule has 0 aliphatic carbocycles. The van der Waals surface area contributed by atoms with Crippen molar-refractivity contribution in [2.45, 2.75) is 79.1 Å². The van der Waals surface area contributed by atoms with Gasteiger partial charge in [-0.1, -0.05) is 53.4 Å². The van der Waals surface area contributed by atoms with E-state index in [0.29, 0.717) is 0 Å². The molecule has 0 heterocycles. The van der Waals surface area contributed by atoms with Crippen LogP contribution < -0.4 is 4.89 Å². The van der Waals surface area contributed by atoms with Crippen LogP contribution in [0.4, 0.5) is 0 Å².